The standard InChI is InChI=1S/C11H18NO6/c1-3-4-12(6(2)14)8-10(16)9(15)7(5-13)18-11(8)17/h3,7-11,13,15-16H,1,4-5H2,2H3/q-1/t7-,8-,9-,10-,11?/m1/s1. The van der Waals surface area contributed by atoms with Crippen molar-refractivity contribution < 1.29 is 30.0 Å². The molecule has 1 aliphatic heterocycles. The summed E-state index contributed by atoms with van der Waals surface area (Å²) in [6.45, 7) is 4.19. The number of nitrogens with zero attached hydrogens (tertiary/aromatic N) is 1. The molecule has 0 aromatic rings. The van der Waals surface area contributed by atoms with Crippen LogP contribution in [0.5, 0.6) is 0 Å². The van der Waals surface area contributed by atoms with E-state index in [-0.39, 0.29) is 6.54 Å². The van der Waals surface area contributed by atoms with Crippen molar-refractivity contribution in [2.24, 2.45) is 0 Å². The highest BCUT2D eigenvalue weighted by Gasteiger charge is 2.43. The summed E-state index contributed by atoms with van der Waals surface area (Å²) in [6, 6.07) is -1.21. The predicted molar refractivity (Wildman–Crippen MR) is 59.1 cm³/mol. The molecule has 7 heteroatoms. The van der Waals surface area contributed by atoms with E-state index >= 15 is 0 Å². The topological polar surface area (TPSA) is 113 Å². The Bertz CT molecular complexity index is 310. The van der Waals surface area contributed by atoms with Gasteiger partial charge in [-0.05, 0) is 0 Å². The van der Waals surface area contributed by atoms with Crippen molar-refractivity contribution in [2.45, 2.75) is 37.6 Å². The summed E-state index contributed by atoms with van der Waals surface area (Å²) >= 11 is 0. The van der Waals surface area contributed by atoms with Gasteiger partial charge in [0.05, 0.1) is 12.6 Å². The Kier molecular flexibility index (Phi) is 5.24. The van der Waals surface area contributed by atoms with Crippen molar-refractivity contribution in [3.63, 3.8) is 0 Å². The van der Waals surface area contributed by atoms with Gasteiger partial charge in [-0.3, -0.25) is 4.79 Å². The normalized spacial score (nSPS) is 36.2. The lowest BCUT2D eigenvalue weighted by Crippen LogP contribution is -2.68. The molecule has 0 aromatic heterocycles. The van der Waals surface area contributed by atoms with Crippen LogP contribution in [0, 0.1) is 0 Å². The zero-order valence-corrected chi connectivity index (χ0v) is 10.1. The zero-order chi connectivity index (χ0) is 13.9. The molecular formula is C11H18NO6-. The maximum absolute atomic E-state index is 11.8. The van der Waals surface area contributed by atoms with Crippen molar-refractivity contribution in [3.05, 3.63) is 12.7 Å². The lowest BCUT2D eigenvalue weighted by molar-refractivity contribution is -0.525. The van der Waals surface area contributed by atoms with Crippen molar-refractivity contribution in [2.75, 3.05) is 13.2 Å². The van der Waals surface area contributed by atoms with E-state index in [4.69, 9.17) is 9.84 Å². The number of hydrogen-bond acceptors (Lipinski definition) is 6. The summed E-state index contributed by atoms with van der Waals surface area (Å²) in [5.41, 5.74) is 0. The first kappa shape index (κ1) is 15.1. The number of amides is 1. The van der Waals surface area contributed by atoms with Crippen molar-refractivity contribution >= 4 is 5.91 Å². The summed E-state index contributed by atoms with van der Waals surface area (Å²) in [5, 5.41) is 40.3. The quantitative estimate of drug-likeness (QED) is 0.470. The molecule has 1 unspecified atom stereocenters. The molecule has 0 saturated carbocycles. The van der Waals surface area contributed by atoms with Gasteiger partial charge in [-0.15, -0.1) is 6.58 Å². The van der Waals surface area contributed by atoms with Crippen LogP contribution in [0.3, 0.4) is 0 Å². The average Bonchev–Trinajstić information content (AvgIpc) is 2.32. The van der Waals surface area contributed by atoms with Crippen molar-refractivity contribution in [3.8, 4) is 0 Å². The minimum Gasteiger partial charge on any atom is -0.829 e. The molecule has 0 spiro atoms. The van der Waals surface area contributed by atoms with Gasteiger partial charge in [0, 0.05) is 19.8 Å². The van der Waals surface area contributed by atoms with Crippen LogP contribution < -0.4 is 5.11 Å². The lowest BCUT2D eigenvalue weighted by atomic mass is 9.95. The molecule has 1 aliphatic rings. The Morgan fingerprint density at radius 3 is 2.56 bits per heavy atom. The van der Waals surface area contributed by atoms with E-state index in [0.29, 0.717) is 0 Å². The van der Waals surface area contributed by atoms with Crippen LogP contribution >= 0.6 is 0 Å². The predicted octanol–water partition coefficient (Wildman–Crippen LogP) is -2.81. The molecule has 0 aromatic carbocycles. The van der Waals surface area contributed by atoms with Gasteiger partial charge in [-0.25, -0.2) is 0 Å². The summed E-state index contributed by atoms with van der Waals surface area (Å²) in [7, 11) is 0. The first-order valence-corrected chi connectivity index (χ1v) is 5.60. The van der Waals surface area contributed by atoms with E-state index in [9.17, 15) is 20.1 Å². The second kappa shape index (κ2) is 6.26. The first-order chi connectivity index (χ1) is 8.43. The molecule has 1 heterocycles. The fraction of sp³-hybridized carbons (Fsp3) is 0.727. The number of hydrogen-bond donors (Lipinski definition) is 3. The fourth-order valence-corrected chi connectivity index (χ4v) is 2.00. The average molecular weight is 260 g/mol. The van der Waals surface area contributed by atoms with E-state index < -0.39 is 43.2 Å². The van der Waals surface area contributed by atoms with Gasteiger partial charge in [-0.1, -0.05) is 6.08 Å². The Labute approximate surface area is 105 Å². The smallest absolute Gasteiger partial charge is 0.220 e. The number of carbonyl (C=O) groups is 1. The molecular weight excluding hydrogens is 242 g/mol. The molecule has 1 rings (SSSR count). The fourth-order valence-electron chi connectivity index (χ4n) is 2.00. The molecule has 1 fully saturated rings. The maximum atomic E-state index is 11.8. The molecule has 3 N–H and O–H groups in total. The third-order valence-corrected chi connectivity index (χ3v) is 2.94. The maximum Gasteiger partial charge on any atom is 0.220 e. The highest BCUT2D eigenvalue weighted by Crippen LogP contribution is 2.22. The SMILES string of the molecule is C=CCN(C(C)=O)[C@H]1C([O-])O[C@H](CO)[C@@H](O)[C@@H]1O. The van der Waals surface area contributed by atoms with Crippen molar-refractivity contribution in [1.82, 2.24) is 4.90 Å². The Balaban J connectivity index is 2.92. The Hall–Kier alpha value is -0.990. The van der Waals surface area contributed by atoms with Crippen LogP contribution in [0.25, 0.3) is 0 Å². The number of ether oxygens (including phenoxy) is 1. The Morgan fingerprint density at radius 1 is 1.50 bits per heavy atom. The van der Waals surface area contributed by atoms with E-state index in [1.165, 1.54) is 13.0 Å². The molecule has 1 saturated heterocycles. The minimum atomic E-state index is -1.73. The third-order valence-electron chi connectivity index (χ3n) is 2.94. The van der Waals surface area contributed by atoms with Crippen LogP contribution in [0.1, 0.15) is 6.92 Å². The Morgan fingerprint density at radius 2 is 2.11 bits per heavy atom. The highest BCUT2D eigenvalue weighted by molar-refractivity contribution is 5.74. The molecule has 104 valence electrons. The van der Waals surface area contributed by atoms with E-state index in [2.05, 4.69) is 6.58 Å². The number of carbonyl (C=O) groups excluding carboxylic acids is 1. The van der Waals surface area contributed by atoms with Crippen LogP contribution in [0.15, 0.2) is 12.7 Å². The van der Waals surface area contributed by atoms with Crippen molar-refractivity contribution in [1.29, 1.82) is 0 Å². The van der Waals surface area contributed by atoms with Gasteiger partial charge in [-0.2, -0.15) is 0 Å². The number of aliphatic hydroxyl groups excluding tert-OH is 3. The molecule has 5 atom stereocenters. The van der Waals surface area contributed by atoms with E-state index in [1.807, 2.05) is 0 Å². The van der Waals surface area contributed by atoms with Gasteiger partial charge in [0.15, 0.2) is 0 Å². The highest BCUT2D eigenvalue weighted by atomic mass is 16.6. The second-order valence-electron chi connectivity index (χ2n) is 4.16. The monoisotopic (exact) mass is 260 g/mol. The van der Waals surface area contributed by atoms with Crippen LogP contribution in [-0.2, 0) is 9.53 Å². The molecule has 7 nitrogen and oxygen atoms in total. The summed E-state index contributed by atoms with van der Waals surface area (Å²) in [5.74, 6) is -0.432. The molecule has 0 radical (unpaired) electrons. The van der Waals surface area contributed by atoms with Gasteiger partial charge in [0.1, 0.15) is 18.3 Å². The first-order valence-electron chi connectivity index (χ1n) is 5.60. The molecule has 0 bridgehead atoms. The second-order valence-corrected chi connectivity index (χ2v) is 4.16. The molecule has 18 heavy (non-hydrogen) atoms. The molecule has 1 amide bonds. The van der Waals surface area contributed by atoms with Crippen LogP contribution in [0.2, 0.25) is 0 Å². The number of aliphatic hydroxyl groups is 3. The summed E-state index contributed by atoms with van der Waals surface area (Å²) < 4.78 is 4.86. The van der Waals surface area contributed by atoms with Gasteiger partial charge >= 0.3 is 0 Å². The van der Waals surface area contributed by atoms with Gasteiger partial charge < -0.3 is 30.1 Å². The van der Waals surface area contributed by atoms with E-state index in [1.54, 1.807) is 0 Å². The zero-order valence-electron chi connectivity index (χ0n) is 10.1. The van der Waals surface area contributed by atoms with Crippen LogP contribution in [-0.4, -0.2) is 69.9 Å². The van der Waals surface area contributed by atoms with Gasteiger partial charge in [0.2, 0.25) is 5.91 Å². The summed E-state index contributed by atoms with van der Waals surface area (Å²) in [6.07, 6.45) is -4.36. The number of rotatable bonds is 4. The van der Waals surface area contributed by atoms with E-state index in [0.717, 1.165) is 4.90 Å². The lowest BCUT2D eigenvalue weighted by Gasteiger charge is -2.49. The third kappa shape index (κ3) is 2.88. The van der Waals surface area contributed by atoms with Gasteiger partial charge in [0.25, 0.3) is 0 Å². The minimum absolute atomic E-state index is 0.0652. The largest absolute Gasteiger partial charge is 0.829 e. The summed E-state index contributed by atoms with van der Waals surface area (Å²) in [4.78, 5) is 12.5. The molecule has 0 aliphatic carbocycles. The van der Waals surface area contributed by atoms with Crippen LogP contribution in [0.4, 0.5) is 0 Å².